The van der Waals surface area contributed by atoms with E-state index >= 15 is 0 Å². The lowest BCUT2D eigenvalue weighted by molar-refractivity contribution is -0.138. The third-order valence-electron chi connectivity index (χ3n) is 3.78. The molecule has 0 heterocycles. The van der Waals surface area contributed by atoms with Crippen LogP contribution < -0.4 is 0 Å². The van der Waals surface area contributed by atoms with Gasteiger partial charge in [-0.2, -0.15) is 0 Å². The second kappa shape index (κ2) is 5.87. The number of esters is 1. The molecule has 1 aliphatic rings. The maximum Gasteiger partial charge on any atom is 0.334 e. The predicted molar refractivity (Wildman–Crippen MR) is 85.6 cm³/mol. The molecule has 0 fully saturated rings. The Kier molecular flexibility index (Phi) is 3.76. The molecule has 0 saturated heterocycles. The molecule has 1 aliphatic carbocycles. The van der Waals surface area contributed by atoms with E-state index in [1.54, 1.807) is 13.0 Å². The van der Waals surface area contributed by atoms with E-state index in [1.807, 2.05) is 48.5 Å². The minimum Gasteiger partial charge on any atom is -0.463 e. The Labute approximate surface area is 129 Å². The summed E-state index contributed by atoms with van der Waals surface area (Å²) in [6.07, 6.45) is 1.85. The predicted octanol–water partition coefficient (Wildman–Crippen LogP) is 4.33. The monoisotopic (exact) mass is 289 g/mol. The first-order valence-corrected chi connectivity index (χ1v) is 7.19. The summed E-state index contributed by atoms with van der Waals surface area (Å²) in [6, 6.07) is 15.4. The Bertz CT molecular complexity index is 785. The lowest BCUT2D eigenvalue weighted by Gasteiger charge is -2.16. The summed E-state index contributed by atoms with van der Waals surface area (Å²) >= 11 is 0. The number of benzene rings is 2. The summed E-state index contributed by atoms with van der Waals surface area (Å²) in [6.45, 7) is 9.28. The van der Waals surface area contributed by atoms with Crippen LogP contribution in [-0.4, -0.2) is 12.6 Å². The van der Waals surface area contributed by atoms with Crippen LogP contribution in [0.25, 0.3) is 10.9 Å². The maximum atomic E-state index is 12.3. The van der Waals surface area contributed by atoms with Crippen LogP contribution in [0.1, 0.15) is 29.5 Å². The van der Waals surface area contributed by atoms with Gasteiger partial charge in [-0.3, -0.25) is 0 Å². The number of nitrogens with zero attached hydrogens (tertiary/aromatic N) is 1. The van der Waals surface area contributed by atoms with Gasteiger partial charge in [0, 0.05) is 11.5 Å². The Morgan fingerprint density at radius 2 is 2.00 bits per heavy atom. The second-order valence-corrected chi connectivity index (χ2v) is 5.09. The average molecular weight is 289 g/mol. The quantitative estimate of drug-likeness (QED) is 0.622. The Hall–Kier alpha value is -2.86. The number of hydrogen-bond acceptors (Lipinski definition) is 2. The fourth-order valence-corrected chi connectivity index (χ4v) is 2.83. The first-order valence-electron chi connectivity index (χ1n) is 7.19. The minimum absolute atomic E-state index is 0.130. The number of fused-ring (bicyclic) bond motifs is 1. The molecule has 0 amide bonds. The van der Waals surface area contributed by atoms with Crippen molar-refractivity contribution in [2.75, 3.05) is 6.61 Å². The lowest BCUT2D eigenvalue weighted by atomic mass is 9.88. The first-order chi connectivity index (χ1) is 10.7. The summed E-state index contributed by atoms with van der Waals surface area (Å²) in [4.78, 5) is 15.8. The zero-order valence-corrected chi connectivity index (χ0v) is 12.2. The summed E-state index contributed by atoms with van der Waals surface area (Å²) in [5.41, 5.74) is 4.22. The molecule has 0 saturated carbocycles. The Morgan fingerprint density at radius 1 is 1.23 bits per heavy atom. The smallest absolute Gasteiger partial charge is 0.334 e. The SMILES string of the molecule is [C-]#[N+]c1ccc2c(c1)C=C(C(=O)OCC)C2c1ccccc1. The number of rotatable bonds is 3. The largest absolute Gasteiger partial charge is 0.463 e. The van der Waals surface area contributed by atoms with Crippen LogP contribution in [0.5, 0.6) is 0 Å². The zero-order valence-electron chi connectivity index (χ0n) is 12.2. The Balaban J connectivity index is 2.12. The summed E-state index contributed by atoms with van der Waals surface area (Å²) in [7, 11) is 0. The molecule has 0 aliphatic heterocycles. The normalized spacial score (nSPS) is 15.6. The van der Waals surface area contributed by atoms with Crippen molar-refractivity contribution >= 4 is 17.7 Å². The van der Waals surface area contributed by atoms with Crippen molar-refractivity contribution < 1.29 is 9.53 Å². The number of carbonyl (C=O) groups excluding carboxylic acids is 1. The van der Waals surface area contributed by atoms with E-state index in [-0.39, 0.29) is 11.9 Å². The molecule has 0 N–H and O–H groups in total. The van der Waals surface area contributed by atoms with E-state index in [1.165, 1.54) is 0 Å². The third-order valence-corrected chi connectivity index (χ3v) is 3.78. The van der Waals surface area contributed by atoms with Crippen molar-refractivity contribution in [3.8, 4) is 0 Å². The highest BCUT2D eigenvalue weighted by atomic mass is 16.5. The number of carbonyl (C=O) groups is 1. The fraction of sp³-hybridized carbons (Fsp3) is 0.158. The molecule has 1 atom stereocenters. The number of hydrogen-bond donors (Lipinski definition) is 0. The van der Waals surface area contributed by atoms with E-state index in [0.29, 0.717) is 17.9 Å². The van der Waals surface area contributed by atoms with Crippen molar-refractivity contribution in [1.29, 1.82) is 0 Å². The van der Waals surface area contributed by atoms with Crippen LogP contribution in [0.4, 0.5) is 5.69 Å². The number of ether oxygens (including phenoxy) is 1. The molecule has 0 aromatic heterocycles. The highest BCUT2D eigenvalue weighted by Crippen LogP contribution is 2.42. The van der Waals surface area contributed by atoms with Crippen molar-refractivity contribution in [3.05, 3.63) is 82.2 Å². The van der Waals surface area contributed by atoms with Gasteiger partial charge in [0.2, 0.25) is 0 Å². The molecule has 0 spiro atoms. The van der Waals surface area contributed by atoms with Gasteiger partial charge in [0.05, 0.1) is 13.2 Å². The van der Waals surface area contributed by atoms with Gasteiger partial charge in [0.25, 0.3) is 0 Å². The van der Waals surface area contributed by atoms with Gasteiger partial charge in [-0.05, 0) is 35.8 Å². The van der Waals surface area contributed by atoms with Crippen LogP contribution in [0.15, 0.2) is 54.1 Å². The summed E-state index contributed by atoms with van der Waals surface area (Å²) in [5.74, 6) is -0.424. The van der Waals surface area contributed by atoms with Crippen LogP contribution in [0.2, 0.25) is 0 Å². The van der Waals surface area contributed by atoms with E-state index in [9.17, 15) is 4.79 Å². The van der Waals surface area contributed by atoms with Gasteiger partial charge in [0.1, 0.15) is 0 Å². The third kappa shape index (κ3) is 2.40. The highest BCUT2D eigenvalue weighted by Gasteiger charge is 2.31. The van der Waals surface area contributed by atoms with E-state index in [4.69, 9.17) is 11.3 Å². The Morgan fingerprint density at radius 3 is 2.68 bits per heavy atom. The molecule has 2 aromatic rings. The fourth-order valence-electron chi connectivity index (χ4n) is 2.83. The van der Waals surface area contributed by atoms with Crippen LogP contribution >= 0.6 is 0 Å². The van der Waals surface area contributed by atoms with Gasteiger partial charge >= 0.3 is 5.97 Å². The van der Waals surface area contributed by atoms with Gasteiger partial charge < -0.3 is 4.74 Å². The molecular formula is C19H15NO2. The average Bonchev–Trinajstić information content (AvgIpc) is 2.94. The standard InChI is InChI=1S/C19H15NO2/c1-3-22-19(21)17-12-14-11-15(20-2)9-10-16(14)18(17)13-7-5-4-6-8-13/h4-12,18H,3H2,1H3. The topological polar surface area (TPSA) is 30.7 Å². The first kappa shape index (κ1) is 14.1. The van der Waals surface area contributed by atoms with Crippen LogP contribution in [0.3, 0.4) is 0 Å². The molecule has 0 radical (unpaired) electrons. The van der Waals surface area contributed by atoms with Gasteiger partial charge in [-0.25, -0.2) is 9.64 Å². The molecule has 2 aromatic carbocycles. The van der Waals surface area contributed by atoms with E-state index in [2.05, 4.69) is 4.85 Å². The minimum atomic E-state index is -0.295. The van der Waals surface area contributed by atoms with Gasteiger partial charge in [0.15, 0.2) is 5.69 Å². The summed E-state index contributed by atoms with van der Waals surface area (Å²) < 4.78 is 5.20. The van der Waals surface area contributed by atoms with Gasteiger partial charge in [-0.1, -0.05) is 42.5 Å². The van der Waals surface area contributed by atoms with Crippen molar-refractivity contribution in [2.24, 2.45) is 0 Å². The lowest BCUT2D eigenvalue weighted by Crippen LogP contribution is -2.13. The second-order valence-electron chi connectivity index (χ2n) is 5.09. The molecule has 108 valence electrons. The molecule has 3 rings (SSSR count). The molecule has 0 bridgehead atoms. The van der Waals surface area contributed by atoms with Crippen molar-refractivity contribution in [2.45, 2.75) is 12.8 Å². The van der Waals surface area contributed by atoms with Crippen molar-refractivity contribution in [1.82, 2.24) is 0 Å². The summed E-state index contributed by atoms with van der Waals surface area (Å²) in [5, 5.41) is 0. The molecule has 3 heteroatoms. The molecule has 22 heavy (non-hydrogen) atoms. The van der Waals surface area contributed by atoms with E-state index in [0.717, 1.165) is 16.7 Å². The highest BCUT2D eigenvalue weighted by molar-refractivity contribution is 5.99. The molecule has 1 unspecified atom stereocenters. The van der Waals surface area contributed by atoms with Crippen LogP contribution in [-0.2, 0) is 9.53 Å². The van der Waals surface area contributed by atoms with Gasteiger partial charge in [-0.15, -0.1) is 0 Å². The van der Waals surface area contributed by atoms with E-state index < -0.39 is 0 Å². The molecule has 3 nitrogen and oxygen atoms in total. The zero-order chi connectivity index (χ0) is 15.5. The molecular weight excluding hydrogens is 274 g/mol. The van der Waals surface area contributed by atoms with Crippen LogP contribution in [0, 0.1) is 6.57 Å². The maximum absolute atomic E-state index is 12.3. The van der Waals surface area contributed by atoms with Crippen molar-refractivity contribution in [3.63, 3.8) is 0 Å².